The molecule has 0 fully saturated rings. The minimum Gasteiger partial charge on any atom is -0.325 e. The average Bonchev–Trinajstić information content (AvgIpc) is 2.73. The lowest BCUT2D eigenvalue weighted by Gasteiger charge is -2.25. The topological polar surface area (TPSA) is 68.0 Å². The fourth-order valence-electron chi connectivity index (χ4n) is 1.55. The minimum absolute atomic E-state index is 0.161. The van der Waals surface area contributed by atoms with E-state index in [0.717, 1.165) is 15.9 Å². The molecule has 1 amide bonds. The molecule has 1 heterocycles. The maximum Gasteiger partial charge on any atom is 0.241 e. The van der Waals surface area contributed by atoms with Crippen LogP contribution < -0.4 is 11.1 Å². The number of hydrogen-bond donors (Lipinski definition) is 2. The smallest absolute Gasteiger partial charge is 0.241 e. The monoisotopic (exact) mass is 263 g/mol. The van der Waals surface area contributed by atoms with Gasteiger partial charge >= 0.3 is 0 Å². The summed E-state index contributed by atoms with van der Waals surface area (Å²) in [6.45, 7) is 5.84. The Kier molecular flexibility index (Phi) is 3.36. The third-order valence-electron chi connectivity index (χ3n) is 2.81. The van der Waals surface area contributed by atoms with Crippen LogP contribution in [0.2, 0.25) is 0 Å². The van der Waals surface area contributed by atoms with E-state index in [1.165, 1.54) is 0 Å². The van der Waals surface area contributed by atoms with E-state index in [9.17, 15) is 4.79 Å². The normalized spacial score (nSPS) is 13.6. The number of rotatable bonds is 2. The second-order valence-electron chi connectivity index (χ2n) is 5.37. The maximum absolute atomic E-state index is 12.0. The second-order valence-corrected chi connectivity index (χ2v) is 6.25. The van der Waals surface area contributed by atoms with Gasteiger partial charge in [-0.1, -0.05) is 20.8 Å². The zero-order valence-electron chi connectivity index (χ0n) is 10.7. The van der Waals surface area contributed by atoms with Crippen molar-refractivity contribution in [2.24, 2.45) is 11.1 Å². The molecule has 0 aliphatic carbocycles. The molecular formula is C13H17N3OS. The Hall–Kier alpha value is -1.46. The lowest BCUT2D eigenvalue weighted by molar-refractivity contribution is -0.119. The molecule has 2 aromatic rings. The Balaban J connectivity index is 2.16. The molecule has 0 spiro atoms. The van der Waals surface area contributed by atoms with E-state index in [-0.39, 0.29) is 11.3 Å². The summed E-state index contributed by atoms with van der Waals surface area (Å²) in [5.74, 6) is -0.161. The summed E-state index contributed by atoms with van der Waals surface area (Å²) < 4.78 is 1.05. The fraction of sp³-hybridized carbons (Fsp3) is 0.385. The molecule has 0 radical (unpaired) electrons. The Labute approximate surface area is 110 Å². The SMILES string of the molecule is CC(C)(C)C(N)C(=O)Nc1ccc2ncsc2c1. The van der Waals surface area contributed by atoms with E-state index >= 15 is 0 Å². The van der Waals surface area contributed by atoms with Gasteiger partial charge in [0.05, 0.1) is 21.8 Å². The number of thiazole rings is 1. The first-order valence-corrected chi connectivity index (χ1v) is 6.65. The zero-order valence-corrected chi connectivity index (χ0v) is 11.5. The van der Waals surface area contributed by atoms with Crippen molar-refractivity contribution >= 4 is 33.1 Å². The van der Waals surface area contributed by atoms with Crippen LogP contribution in [0.1, 0.15) is 20.8 Å². The van der Waals surface area contributed by atoms with Crippen molar-refractivity contribution in [2.75, 3.05) is 5.32 Å². The first-order valence-electron chi connectivity index (χ1n) is 5.77. The molecule has 0 aliphatic rings. The third-order valence-corrected chi connectivity index (χ3v) is 3.61. The number of carbonyl (C=O) groups is 1. The standard InChI is InChI=1S/C13H17N3OS/c1-13(2,3)11(14)12(17)16-8-4-5-9-10(6-8)18-7-15-9/h4-7,11H,14H2,1-3H3,(H,16,17). The van der Waals surface area contributed by atoms with Crippen molar-refractivity contribution in [3.8, 4) is 0 Å². The molecule has 0 bridgehead atoms. The van der Waals surface area contributed by atoms with Crippen molar-refractivity contribution < 1.29 is 4.79 Å². The molecule has 18 heavy (non-hydrogen) atoms. The van der Waals surface area contributed by atoms with Gasteiger partial charge in [0.15, 0.2) is 0 Å². The van der Waals surface area contributed by atoms with Crippen LogP contribution in [0.5, 0.6) is 0 Å². The molecule has 2 rings (SSSR count). The summed E-state index contributed by atoms with van der Waals surface area (Å²) in [5, 5.41) is 2.85. The zero-order chi connectivity index (χ0) is 13.3. The van der Waals surface area contributed by atoms with Crippen LogP contribution in [0, 0.1) is 5.41 Å². The van der Waals surface area contributed by atoms with Gasteiger partial charge in [-0.05, 0) is 23.6 Å². The van der Waals surface area contributed by atoms with Gasteiger partial charge in [0, 0.05) is 5.69 Å². The number of nitrogens with zero attached hydrogens (tertiary/aromatic N) is 1. The molecule has 3 N–H and O–H groups in total. The largest absolute Gasteiger partial charge is 0.325 e. The molecule has 0 aliphatic heterocycles. The Bertz CT molecular complexity index is 571. The highest BCUT2D eigenvalue weighted by atomic mass is 32.1. The van der Waals surface area contributed by atoms with Crippen LogP contribution in [0.3, 0.4) is 0 Å². The van der Waals surface area contributed by atoms with Crippen LogP contribution in [0.15, 0.2) is 23.7 Å². The first-order chi connectivity index (χ1) is 8.38. The molecule has 5 heteroatoms. The van der Waals surface area contributed by atoms with Crippen molar-refractivity contribution in [2.45, 2.75) is 26.8 Å². The summed E-state index contributed by atoms with van der Waals surface area (Å²) in [6.07, 6.45) is 0. The predicted octanol–water partition coefficient (Wildman–Crippen LogP) is 2.61. The van der Waals surface area contributed by atoms with E-state index < -0.39 is 6.04 Å². The Morgan fingerprint density at radius 1 is 1.44 bits per heavy atom. The summed E-state index contributed by atoms with van der Waals surface area (Å²) in [4.78, 5) is 16.2. The number of amides is 1. The lowest BCUT2D eigenvalue weighted by Crippen LogP contribution is -2.45. The fourth-order valence-corrected chi connectivity index (χ4v) is 2.26. The van der Waals surface area contributed by atoms with Crippen LogP contribution in [-0.4, -0.2) is 16.9 Å². The number of anilines is 1. The average molecular weight is 263 g/mol. The highest BCUT2D eigenvalue weighted by Crippen LogP contribution is 2.23. The van der Waals surface area contributed by atoms with Gasteiger partial charge in [0.25, 0.3) is 0 Å². The molecule has 0 saturated carbocycles. The molecular weight excluding hydrogens is 246 g/mol. The van der Waals surface area contributed by atoms with Gasteiger partial charge in [-0.15, -0.1) is 11.3 Å². The van der Waals surface area contributed by atoms with Crippen LogP contribution in [-0.2, 0) is 4.79 Å². The first kappa shape index (κ1) is 13.0. The quantitative estimate of drug-likeness (QED) is 0.875. The molecule has 4 nitrogen and oxygen atoms in total. The van der Waals surface area contributed by atoms with Crippen molar-refractivity contribution in [1.29, 1.82) is 0 Å². The van der Waals surface area contributed by atoms with Crippen molar-refractivity contribution in [3.63, 3.8) is 0 Å². The summed E-state index contributed by atoms with van der Waals surface area (Å²) in [7, 11) is 0. The molecule has 1 unspecified atom stereocenters. The number of nitrogens with two attached hydrogens (primary N) is 1. The molecule has 96 valence electrons. The highest BCUT2D eigenvalue weighted by Gasteiger charge is 2.27. The second kappa shape index (κ2) is 4.66. The molecule has 0 saturated heterocycles. The minimum atomic E-state index is -0.533. The van der Waals surface area contributed by atoms with E-state index in [1.54, 1.807) is 16.8 Å². The van der Waals surface area contributed by atoms with Gasteiger partial charge in [0.2, 0.25) is 5.91 Å². The van der Waals surface area contributed by atoms with E-state index in [0.29, 0.717) is 0 Å². The Morgan fingerprint density at radius 3 is 2.83 bits per heavy atom. The van der Waals surface area contributed by atoms with Gasteiger partial charge in [-0.2, -0.15) is 0 Å². The molecule has 1 aromatic heterocycles. The number of aromatic nitrogens is 1. The summed E-state index contributed by atoms with van der Waals surface area (Å²) in [6, 6.07) is 5.12. The predicted molar refractivity (Wildman–Crippen MR) is 75.7 cm³/mol. The van der Waals surface area contributed by atoms with E-state index in [4.69, 9.17) is 5.73 Å². The van der Waals surface area contributed by atoms with Gasteiger partial charge in [-0.3, -0.25) is 4.79 Å². The van der Waals surface area contributed by atoms with E-state index in [1.807, 2.05) is 39.0 Å². The summed E-state index contributed by atoms with van der Waals surface area (Å²) in [5.41, 5.74) is 9.15. The number of nitrogens with one attached hydrogen (secondary N) is 1. The molecule has 1 atom stereocenters. The molecule has 1 aromatic carbocycles. The lowest BCUT2D eigenvalue weighted by atomic mass is 9.87. The van der Waals surface area contributed by atoms with Gasteiger partial charge in [0.1, 0.15) is 0 Å². The van der Waals surface area contributed by atoms with Gasteiger partial charge in [-0.25, -0.2) is 4.98 Å². The third kappa shape index (κ3) is 2.68. The van der Waals surface area contributed by atoms with Crippen LogP contribution in [0.25, 0.3) is 10.2 Å². The number of hydrogen-bond acceptors (Lipinski definition) is 4. The van der Waals surface area contributed by atoms with Gasteiger partial charge < -0.3 is 11.1 Å². The van der Waals surface area contributed by atoms with Crippen LogP contribution in [0.4, 0.5) is 5.69 Å². The van der Waals surface area contributed by atoms with Crippen LogP contribution >= 0.6 is 11.3 Å². The van der Waals surface area contributed by atoms with E-state index in [2.05, 4.69) is 10.3 Å². The van der Waals surface area contributed by atoms with Crippen molar-refractivity contribution in [1.82, 2.24) is 4.98 Å². The number of carbonyl (C=O) groups excluding carboxylic acids is 1. The Morgan fingerprint density at radius 2 is 2.17 bits per heavy atom. The number of fused-ring (bicyclic) bond motifs is 1. The number of benzene rings is 1. The summed E-state index contributed by atoms with van der Waals surface area (Å²) >= 11 is 1.55. The maximum atomic E-state index is 12.0. The van der Waals surface area contributed by atoms with Crippen molar-refractivity contribution in [3.05, 3.63) is 23.7 Å². The highest BCUT2D eigenvalue weighted by molar-refractivity contribution is 7.16.